The summed E-state index contributed by atoms with van der Waals surface area (Å²) < 4.78 is 0. The standard InChI is InChI=1S/C11H18N2S/c1-7(2)9-5-13-10(8(3)4)6-14-11(13)12-9/h6-9H,5H2,1-4H3. The van der Waals surface area contributed by atoms with Gasteiger partial charge >= 0.3 is 0 Å². The summed E-state index contributed by atoms with van der Waals surface area (Å²) in [7, 11) is 0. The van der Waals surface area contributed by atoms with Crippen LogP contribution in [-0.2, 0) is 0 Å². The van der Waals surface area contributed by atoms with Gasteiger partial charge in [-0.25, -0.2) is 0 Å². The number of hydrogen-bond donors (Lipinski definition) is 0. The minimum absolute atomic E-state index is 0.500. The molecule has 3 heteroatoms. The molecule has 0 aromatic rings. The molecule has 0 radical (unpaired) electrons. The molecule has 0 saturated carbocycles. The van der Waals surface area contributed by atoms with Crippen LogP contribution in [-0.4, -0.2) is 22.7 Å². The lowest BCUT2D eigenvalue weighted by molar-refractivity contribution is 0.410. The molecule has 0 aromatic carbocycles. The SMILES string of the molecule is CC(C)C1=CSC2=NC(C(C)C)CN12. The van der Waals surface area contributed by atoms with Crippen molar-refractivity contribution in [2.45, 2.75) is 33.7 Å². The Morgan fingerprint density at radius 2 is 2.14 bits per heavy atom. The van der Waals surface area contributed by atoms with Gasteiger partial charge in [0.25, 0.3) is 0 Å². The molecule has 1 atom stereocenters. The van der Waals surface area contributed by atoms with E-state index in [1.165, 1.54) is 10.9 Å². The van der Waals surface area contributed by atoms with Crippen LogP contribution < -0.4 is 0 Å². The number of aliphatic imine (C=N–C) groups is 1. The smallest absolute Gasteiger partial charge is 0.168 e. The minimum Gasteiger partial charge on any atom is -0.322 e. The van der Waals surface area contributed by atoms with Crippen molar-refractivity contribution in [3.8, 4) is 0 Å². The Morgan fingerprint density at radius 1 is 1.43 bits per heavy atom. The lowest BCUT2D eigenvalue weighted by atomic mass is 10.0. The highest BCUT2D eigenvalue weighted by atomic mass is 32.2. The van der Waals surface area contributed by atoms with Crippen LogP contribution in [0.1, 0.15) is 27.7 Å². The van der Waals surface area contributed by atoms with E-state index in [2.05, 4.69) is 38.0 Å². The Morgan fingerprint density at radius 3 is 2.71 bits per heavy atom. The van der Waals surface area contributed by atoms with E-state index in [1.54, 1.807) is 11.8 Å². The van der Waals surface area contributed by atoms with Crippen molar-refractivity contribution < 1.29 is 0 Å². The van der Waals surface area contributed by atoms with E-state index in [9.17, 15) is 0 Å². The largest absolute Gasteiger partial charge is 0.322 e. The first-order valence-electron chi connectivity index (χ1n) is 5.31. The van der Waals surface area contributed by atoms with E-state index < -0.39 is 0 Å². The Labute approximate surface area is 90.5 Å². The third kappa shape index (κ3) is 1.58. The van der Waals surface area contributed by atoms with E-state index in [0.29, 0.717) is 17.9 Å². The van der Waals surface area contributed by atoms with Crippen LogP contribution in [0.4, 0.5) is 0 Å². The van der Waals surface area contributed by atoms with Crippen molar-refractivity contribution in [2.75, 3.05) is 6.54 Å². The molecule has 0 bridgehead atoms. The minimum atomic E-state index is 0.500. The summed E-state index contributed by atoms with van der Waals surface area (Å²) in [6.45, 7) is 10.1. The number of allylic oxidation sites excluding steroid dienone is 1. The second kappa shape index (κ2) is 3.61. The molecule has 14 heavy (non-hydrogen) atoms. The topological polar surface area (TPSA) is 15.6 Å². The highest BCUT2D eigenvalue weighted by Gasteiger charge is 2.33. The third-order valence-corrected chi connectivity index (χ3v) is 3.73. The van der Waals surface area contributed by atoms with E-state index in [4.69, 9.17) is 4.99 Å². The maximum atomic E-state index is 4.74. The summed E-state index contributed by atoms with van der Waals surface area (Å²) in [6, 6.07) is 0.500. The normalized spacial score (nSPS) is 25.9. The zero-order valence-electron chi connectivity index (χ0n) is 9.32. The van der Waals surface area contributed by atoms with Crippen molar-refractivity contribution in [2.24, 2.45) is 16.8 Å². The Bertz CT molecular complexity index is 292. The van der Waals surface area contributed by atoms with Gasteiger partial charge in [0, 0.05) is 12.2 Å². The van der Waals surface area contributed by atoms with Crippen LogP contribution >= 0.6 is 11.8 Å². The van der Waals surface area contributed by atoms with Gasteiger partial charge in [-0.1, -0.05) is 39.5 Å². The zero-order chi connectivity index (χ0) is 10.3. The molecule has 0 aromatic heterocycles. The summed E-state index contributed by atoms with van der Waals surface area (Å²) >= 11 is 1.78. The fourth-order valence-corrected chi connectivity index (χ4v) is 2.94. The van der Waals surface area contributed by atoms with Gasteiger partial charge < -0.3 is 4.90 Å². The fraction of sp³-hybridized carbons (Fsp3) is 0.727. The predicted octanol–water partition coefficient (Wildman–Crippen LogP) is 2.93. The van der Waals surface area contributed by atoms with E-state index in [0.717, 1.165) is 6.54 Å². The fourth-order valence-electron chi connectivity index (χ4n) is 1.81. The number of thioether (sulfide) groups is 1. The summed E-state index contributed by atoms with van der Waals surface area (Å²) in [5.41, 5.74) is 1.44. The molecule has 0 spiro atoms. The number of rotatable bonds is 2. The first-order valence-corrected chi connectivity index (χ1v) is 6.19. The second-order valence-corrected chi connectivity index (χ2v) is 5.49. The van der Waals surface area contributed by atoms with Crippen molar-refractivity contribution in [3.05, 3.63) is 11.1 Å². The van der Waals surface area contributed by atoms with Crippen LogP contribution in [0.25, 0.3) is 0 Å². The molecule has 2 rings (SSSR count). The maximum absolute atomic E-state index is 4.74. The van der Waals surface area contributed by atoms with Crippen molar-refractivity contribution in [1.29, 1.82) is 0 Å². The van der Waals surface area contributed by atoms with Crippen molar-refractivity contribution >= 4 is 16.9 Å². The van der Waals surface area contributed by atoms with Gasteiger partial charge in [0.2, 0.25) is 0 Å². The first-order chi connectivity index (χ1) is 6.59. The molecule has 0 amide bonds. The van der Waals surface area contributed by atoms with Gasteiger partial charge in [-0.05, 0) is 17.2 Å². The Balaban J connectivity index is 2.12. The van der Waals surface area contributed by atoms with Crippen molar-refractivity contribution in [3.63, 3.8) is 0 Å². The number of fused-ring (bicyclic) bond motifs is 1. The molecule has 1 unspecified atom stereocenters. The highest BCUT2D eigenvalue weighted by Crippen LogP contribution is 2.35. The van der Waals surface area contributed by atoms with Gasteiger partial charge in [-0.15, -0.1) is 0 Å². The Kier molecular flexibility index (Phi) is 2.60. The molecule has 0 aliphatic carbocycles. The molecule has 0 saturated heterocycles. The molecular weight excluding hydrogens is 192 g/mol. The quantitative estimate of drug-likeness (QED) is 0.696. The average molecular weight is 210 g/mol. The van der Waals surface area contributed by atoms with Gasteiger partial charge in [-0.2, -0.15) is 0 Å². The summed E-state index contributed by atoms with van der Waals surface area (Å²) in [6.07, 6.45) is 0. The number of amidine groups is 1. The lowest BCUT2D eigenvalue weighted by Gasteiger charge is -2.21. The molecule has 2 aliphatic rings. The third-order valence-electron chi connectivity index (χ3n) is 2.83. The van der Waals surface area contributed by atoms with Crippen LogP contribution in [0.2, 0.25) is 0 Å². The van der Waals surface area contributed by atoms with E-state index in [1.807, 2.05) is 0 Å². The van der Waals surface area contributed by atoms with Crippen LogP contribution in [0, 0.1) is 11.8 Å². The molecule has 0 fully saturated rings. The van der Waals surface area contributed by atoms with Crippen LogP contribution in [0.5, 0.6) is 0 Å². The zero-order valence-corrected chi connectivity index (χ0v) is 10.1. The lowest BCUT2D eigenvalue weighted by Crippen LogP contribution is -2.28. The molecule has 2 aliphatic heterocycles. The summed E-state index contributed by atoms with van der Waals surface area (Å²) in [5.74, 6) is 1.27. The molecule has 2 heterocycles. The highest BCUT2D eigenvalue weighted by molar-refractivity contribution is 8.16. The van der Waals surface area contributed by atoms with E-state index >= 15 is 0 Å². The average Bonchev–Trinajstić information content (AvgIpc) is 2.58. The van der Waals surface area contributed by atoms with E-state index in [-0.39, 0.29) is 0 Å². The van der Waals surface area contributed by atoms with Crippen LogP contribution in [0.15, 0.2) is 16.1 Å². The predicted molar refractivity (Wildman–Crippen MR) is 63.3 cm³/mol. The van der Waals surface area contributed by atoms with Gasteiger partial charge in [-0.3, -0.25) is 4.99 Å². The van der Waals surface area contributed by atoms with Gasteiger partial charge in [0.1, 0.15) is 0 Å². The maximum Gasteiger partial charge on any atom is 0.168 e. The molecule has 0 N–H and O–H groups in total. The first kappa shape index (κ1) is 10.1. The number of nitrogens with zero attached hydrogens (tertiary/aromatic N) is 2. The molecule has 78 valence electrons. The summed E-state index contributed by atoms with van der Waals surface area (Å²) in [5, 5.41) is 3.47. The molecular formula is C11H18N2S. The summed E-state index contributed by atoms with van der Waals surface area (Å²) in [4.78, 5) is 7.12. The van der Waals surface area contributed by atoms with Gasteiger partial charge in [0.05, 0.1) is 6.04 Å². The Hall–Kier alpha value is -0.440. The second-order valence-electron chi connectivity index (χ2n) is 4.65. The van der Waals surface area contributed by atoms with Gasteiger partial charge in [0.15, 0.2) is 5.17 Å². The molecule has 2 nitrogen and oxygen atoms in total. The monoisotopic (exact) mass is 210 g/mol. The van der Waals surface area contributed by atoms with Crippen LogP contribution in [0.3, 0.4) is 0 Å². The number of hydrogen-bond acceptors (Lipinski definition) is 3. The van der Waals surface area contributed by atoms with Crippen molar-refractivity contribution in [1.82, 2.24) is 4.90 Å².